The van der Waals surface area contributed by atoms with E-state index in [9.17, 15) is 14.4 Å². The molecular formula is C57H100O6. The maximum atomic E-state index is 12.8. The van der Waals surface area contributed by atoms with Gasteiger partial charge < -0.3 is 14.2 Å². The highest BCUT2D eigenvalue weighted by atomic mass is 16.6. The van der Waals surface area contributed by atoms with Crippen molar-refractivity contribution in [2.24, 2.45) is 0 Å². The highest BCUT2D eigenvalue weighted by molar-refractivity contribution is 5.71. The second-order valence-corrected chi connectivity index (χ2v) is 17.8. The topological polar surface area (TPSA) is 78.9 Å². The van der Waals surface area contributed by atoms with Crippen molar-refractivity contribution >= 4 is 17.9 Å². The van der Waals surface area contributed by atoms with Crippen molar-refractivity contribution in [3.05, 3.63) is 60.8 Å². The number of hydrogen-bond donors (Lipinski definition) is 0. The van der Waals surface area contributed by atoms with Crippen molar-refractivity contribution in [1.82, 2.24) is 0 Å². The zero-order valence-electron chi connectivity index (χ0n) is 41.6. The Morgan fingerprint density at radius 1 is 0.317 bits per heavy atom. The Labute approximate surface area is 390 Å². The lowest BCUT2D eigenvalue weighted by Crippen LogP contribution is -2.30. The quantitative estimate of drug-likeness (QED) is 0.0262. The molecule has 0 amide bonds. The first-order valence-corrected chi connectivity index (χ1v) is 26.8. The number of carbonyl (C=O) groups is 3. The van der Waals surface area contributed by atoms with Crippen LogP contribution in [0.3, 0.4) is 0 Å². The third-order valence-electron chi connectivity index (χ3n) is 11.5. The minimum absolute atomic E-state index is 0.0877. The summed E-state index contributed by atoms with van der Waals surface area (Å²) < 4.78 is 16.8. The fraction of sp³-hybridized carbons (Fsp3) is 0.772. The van der Waals surface area contributed by atoms with Gasteiger partial charge in [-0.3, -0.25) is 14.4 Å². The molecule has 0 bridgehead atoms. The van der Waals surface area contributed by atoms with E-state index in [4.69, 9.17) is 14.2 Å². The maximum Gasteiger partial charge on any atom is 0.306 e. The molecule has 0 aliphatic rings. The second-order valence-electron chi connectivity index (χ2n) is 17.8. The number of rotatable bonds is 48. The van der Waals surface area contributed by atoms with Crippen molar-refractivity contribution in [2.45, 2.75) is 271 Å². The van der Waals surface area contributed by atoms with Crippen LogP contribution in [0, 0.1) is 0 Å². The molecule has 0 aliphatic carbocycles. The molecule has 6 heteroatoms. The predicted octanol–water partition coefficient (Wildman–Crippen LogP) is 17.6. The van der Waals surface area contributed by atoms with Crippen LogP contribution in [0.15, 0.2) is 60.8 Å². The Balaban J connectivity index is 4.41. The van der Waals surface area contributed by atoms with Gasteiger partial charge in [0.15, 0.2) is 6.10 Å². The zero-order chi connectivity index (χ0) is 45.8. The molecular weight excluding hydrogens is 781 g/mol. The molecule has 0 fully saturated rings. The van der Waals surface area contributed by atoms with E-state index in [0.717, 1.165) is 89.9 Å². The van der Waals surface area contributed by atoms with Crippen LogP contribution in [0.1, 0.15) is 265 Å². The molecule has 0 saturated heterocycles. The van der Waals surface area contributed by atoms with Crippen LogP contribution in [-0.4, -0.2) is 37.2 Å². The van der Waals surface area contributed by atoms with Crippen LogP contribution in [0.2, 0.25) is 0 Å². The first-order valence-electron chi connectivity index (χ1n) is 26.8. The average Bonchev–Trinajstić information content (AvgIpc) is 3.28. The Morgan fingerprint density at radius 3 is 1.00 bits per heavy atom. The molecule has 0 radical (unpaired) electrons. The van der Waals surface area contributed by atoms with Gasteiger partial charge in [0, 0.05) is 19.3 Å². The summed E-state index contributed by atoms with van der Waals surface area (Å²) in [5.74, 6) is -0.923. The SMILES string of the molecule is CCCC/C=C\CCCCCCCC(=O)OC[C@H](COC(=O)CCCCCCCCCCCCCCCCC)OC(=O)CCCCC/C=C\C/C=C\C/C=C\C/C=C\CCCCC. The molecule has 0 saturated carbocycles. The molecule has 0 aromatic heterocycles. The van der Waals surface area contributed by atoms with E-state index in [0.29, 0.717) is 19.3 Å². The summed E-state index contributed by atoms with van der Waals surface area (Å²) in [6.07, 6.45) is 63.5. The van der Waals surface area contributed by atoms with Gasteiger partial charge in [-0.1, -0.05) is 223 Å². The van der Waals surface area contributed by atoms with Gasteiger partial charge >= 0.3 is 17.9 Å². The van der Waals surface area contributed by atoms with Gasteiger partial charge in [-0.2, -0.15) is 0 Å². The highest BCUT2D eigenvalue weighted by Gasteiger charge is 2.19. The van der Waals surface area contributed by atoms with Crippen LogP contribution in [0.4, 0.5) is 0 Å². The van der Waals surface area contributed by atoms with Crippen LogP contribution < -0.4 is 0 Å². The van der Waals surface area contributed by atoms with Crippen LogP contribution >= 0.6 is 0 Å². The van der Waals surface area contributed by atoms with Gasteiger partial charge in [-0.15, -0.1) is 0 Å². The predicted molar refractivity (Wildman–Crippen MR) is 270 cm³/mol. The maximum absolute atomic E-state index is 12.8. The smallest absolute Gasteiger partial charge is 0.306 e. The first kappa shape index (κ1) is 60.1. The van der Waals surface area contributed by atoms with E-state index in [1.165, 1.54) is 135 Å². The Kier molecular flexibility index (Phi) is 49.4. The lowest BCUT2D eigenvalue weighted by molar-refractivity contribution is -0.167. The number of allylic oxidation sites excluding steroid dienone is 10. The molecule has 0 N–H and O–H groups in total. The van der Waals surface area contributed by atoms with E-state index in [1.54, 1.807) is 0 Å². The van der Waals surface area contributed by atoms with Gasteiger partial charge in [0.05, 0.1) is 0 Å². The number of carbonyl (C=O) groups excluding carboxylic acids is 3. The molecule has 0 heterocycles. The molecule has 0 unspecified atom stereocenters. The monoisotopic (exact) mass is 881 g/mol. The molecule has 0 rings (SSSR count). The van der Waals surface area contributed by atoms with E-state index < -0.39 is 6.10 Å². The van der Waals surface area contributed by atoms with E-state index in [-0.39, 0.29) is 31.1 Å². The van der Waals surface area contributed by atoms with Crippen molar-refractivity contribution < 1.29 is 28.6 Å². The fourth-order valence-electron chi connectivity index (χ4n) is 7.41. The molecule has 364 valence electrons. The summed E-state index contributed by atoms with van der Waals surface area (Å²) in [4.78, 5) is 38.0. The standard InChI is InChI=1S/C57H100O6/c1-4-7-10-13-16-19-22-24-26-27-28-29-31-33-36-39-42-45-48-51-57(60)63-54(52-61-55(58)49-46-43-40-37-34-21-18-15-12-9-6-3)53-62-56(59)50-47-44-41-38-35-32-30-25-23-20-17-14-11-8-5-2/h15-16,18-19,24,26,28-29,33,36,54H,4-14,17,20-23,25,27,30-32,34-35,37-53H2,1-3H3/b18-15-,19-16-,26-24-,29-28-,36-33-/t54-/m1/s1. The molecule has 6 nitrogen and oxygen atoms in total. The summed E-state index contributed by atoms with van der Waals surface area (Å²) in [7, 11) is 0. The van der Waals surface area contributed by atoms with Gasteiger partial charge in [0.1, 0.15) is 13.2 Å². The molecule has 63 heavy (non-hydrogen) atoms. The third kappa shape index (κ3) is 50.0. The van der Waals surface area contributed by atoms with E-state index >= 15 is 0 Å². The number of hydrogen-bond acceptors (Lipinski definition) is 6. The Morgan fingerprint density at radius 2 is 0.587 bits per heavy atom. The lowest BCUT2D eigenvalue weighted by Gasteiger charge is -2.18. The highest BCUT2D eigenvalue weighted by Crippen LogP contribution is 2.15. The van der Waals surface area contributed by atoms with Gasteiger partial charge in [0.25, 0.3) is 0 Å². The van der Waals surface area contributed by atoms with Gasteiger partial charge in [-0.25, -0.2) is 0 Å². The third-order valence-corrected chi connectivity index (χ3v) is 11.5. The van der Waals surface area contributed by atoms with Crippen molar-refractivity contribution in [2.75, 3.05) is 13.2 Å². The number of esters is 3. The summed E-state index contributed by atoms with van der Waals surface area (Å²) in [5.41, 5.74) is 0. The van der Waals surface area contributed by atoms with Crippen molar-refractivity contribution in [1.29, 1.82) is 0 Å². The number of ether oxygens (including phenoxy) is 3. The Bertz CT molecular complexity index is 1150. The molecule has 0 aromatic carbocycles. The molecule has 0 aliphatic heterocycles. The summed E-state index contributed by atoms with van der Waals surface area (Å²) in [6.45, 7) is 6.55. The molecule has 0 aromatic rings. The van der Waals surface area contributed by atoms with Crippen LogP contribution in [0.25, 0.3) is 0 Å². The van der Waals surface area contributed by atoms with Gasteiger partial charge in [-0.05, 0) is 83.5 Å². The van der Waals surface area contributed by atoms with Gasteiger partial charge in [0.2, 0.25) is 0 Å². The summed E-state index contributed by atoms with van der Waals surface area (Å²) in [6, 6.07) is 0. The average molecular weight is 881 g/mol. The minimum atomic E-state index is -0.791. The minimum Gasteiger partial charge on any atom is -0.462 e. The first-order chi connectivity index (χ1) is 31.0. The second kappa shape index (κ2) is 51.7. The largest absolute Gasteiger partial charge is 0.462 e. The summed E-state index contributed by atoms with van der Waals surface area (Å²) >= 11 is 0. The van der Waals surface area contributed by atoms with Crippen molar-refractivity contribution in [3.8, 4) is 0 Å². The van der Waals surface area contributed by atoms with E-state index in [2.05, 4.69) is 81.5 Å². The Hall–Kier alpha value is -2.89. The fourth-order valence-corrected chi connectivity index (χ4v) is 7.41. The van der Waals surface area contributed by atoms with Crippen LogP contribution in [0.5, 0.6) is 0 Å². The van der Waals surface area contributed by atoms with Crippen molar-refractivity contribution in [3.63, 3.8) is 0 Å². The molecule has 1 atom stereocenters. The normalized spacial score (nSPS) is 12.5. The van der Waals surface area contributed by atoms with Crippen LogP contribution in [-0.2, 0) is 28.6 Å². The van der Waals surface area contributed by atoms with E-state index in [1.807, 2.05) is 0 Å². The molecule has 0 spiro atoms. The number of unbranched alkanes of at least 4 members (excludes halogenated alkanes) is 27. The zero-order valence-corrected chi connectivity index (χ0v) is 41.6. The lowest BCUT2D eigenvalue weighted by atomic mass is 10.0. The summed E-state index contributed by atoms with van der Waals surface area (Å²) in [5, 5.41) is 0.